The molecule has 1 aromatic rings. The number of hydrogen-bond acceptors (Lipinski definition) is 1. The van der Waals surface area contributed by atoms with E-state index in [1.165, 1.54) is 13.0 Å². The zero-order valence-electron chi connectivity index (χ0n) is 5.90. The first-order chi connectivity index (χ1) is 5.13. The molecular weight excluding hydrogens is 258 g/mol. The highest BCUT2D eigenvalue weighted by molar-refractivity contribution is 14.1. The first kappa shape index (κ1) is 8.64. The van der Waals surface area contributed by atoms with Crippen LogP contribution in [0.1, 0.15) is 17.3 Å². The lowest BCUT2D eigenvalue weighted by Gasteiger charge is -1.99. The minimum absolute atomic E-state index is 0.188. The van der Waals surface area contributed by atoms with Crippen LogP contribution >= 0.6 is 22.6 Å². The van der Waals surface area contributed by atoms with Crippen molar-refractivity contribution in [2.45, 2.75) is 6.92 Å². The summed E-state index contributed by atoms with van der Waals surface area (Å²) in [7, 11) is 0. The predicted molar refractivity (Wildman–Crippen MR) is 49.1 cm³/mol. The topological polar surface area (TPSA) is 17.1 Å². The Morgan fingerprint density at radius 2 is 2.18 bits per heavy atom. The lowest BCUT2D eigenvalue weighted by atomic mass is 10.1. The van der Waals surface area contributed by atoms with Crippen molar-refractivity contribution in [3.05, 3.63) is 33.1 Å². The minimum atomic E-state index is -0.440. The van der Waals surface area contributed by atoms with Gasteiger partial charge in [-0.25, -0.2) is 4.39 Å². The van der Waals surface area contributed by atoms with Crippen molar-refractivity contribution in [3.8, 4) is 0 Å². The molecule has 3 heteroatoms. The Morgan fingerprint density at radius 1 is 1.55 bits per heavy atom. The molecule has 0 aliphatic carbocycles. The van der Waals surface area contributed by atoms with Gasteiger partial charge in [-0.2, -0.15) is 0 Å². The van der Waals surface area contributed by atoms with E-state index in [1.54, 1.807) is 12.1 Å². The van der Waals surface area contributed by atoms with Gasteiger partial charge in [0.15, 0.2) is 5.78 Å². The summed E-state index contributed by atoms with van der Waals surface area (Å²) in [5.41, 5.74) is 0.188. The normalized spacial score (nSPS) is 9.73. The maximum Gasteiger partial charge on any atom is 0.163 e. The molecule has 0 saturated heterocycles. The number of Topliss-reactive ketones (excluding diaryl/α,β-unsaturated/α-hetero) is 1. The van der Waals surface area contributed by atoms with E-state index in [4.69, 9.17) is 0 Å². The molecule has 0 amide bonds. The van der Waals surface area contributed by atoms with Crippen LogP contribution in [0.4, 0.5) is 4.39 Å². The van der Waals surface area contributed by atoms with Crippen LogP contribution in [-0.2, 0) is 0 Å². The lowest BCUT2D eigenvalue weighted by molar-refractivity contribution is 0.101. The molecule has 0 fully saturated rings. The van der Waals surface area contributed by atoms with E-state index < -0.39 is 5.82 Å². The van der Waals surface area contributed by atoms with Gasteiger partial charge >= 0.3 is 0 Å². The Kier molecular flexibility index (Phi) is 2.59. The number of rotatable bonds is 1. The van der Waals surface area contributed by atoms with Gasteiger partial charge in [0.05, 0.1) is 5.56 Å². The average molecular weight is 264 g/mol. The molecule has 1 nitrogen and oxygen atoms in total. The van der Waals surface area contributed by atoms with Crippen LogP contribution in [0.25, 0.3) is 0 Å². The highest BCUT2D eigenvalue weighted by Gasteiger charge is 2.09. The molecule has 1 rings (SSSR count). The molecular formula is C8H6FIO. The van der Waals surface area contributed by atoms with Gasteiger partial charge in [-0.05, 0) is 41.6 Å². The Balaban J connectivity index is 3.32. The summed E-state index contributed by atoms with van der Waals surface area (Å²) in [4.78, 5) is 10.8. The van der Waals surface area contributed by atoms with E-state index in [-0.39, 0.29) is 11.3 Å². The van der Waals surface area contributed by atoms with E-state index in [2.05, 4.69) is 0 Å². The fourth-order valence-electron chi connectivity index (χ4n) is 0.834. The zero-order chi connectivity index (χ0) is 8.43. The van der Waals surface area contributed by atoms with Gasteiger partial charge in [-0.1, -0.05) is 6.07 Å². The van der Waals surface area contributed by atoms with Crippen LogP contribution in [0, 0.1) is 9.39 Å². The summed E-state index contributed by atoms with van der Waals surface area (Å²) in [5.74, 6) is -0.670. The zero-order valence-corrected chi connectivity index (χ0v) is 8.05. The molecule has 0 spiro atoms. The number of carbonyl (C=O) groups is 1. The Morgan fingerprint density at radius 3 is 2.55 bits per heavy atom. The fourth-order valence-corrected chi connectivity index (χ4v) is 1.68. The van der Waals surface area contributed by atoms with Gasteiger partial charge in [0.1, 0.15) is 5.82 Å². The molecule has 0 radical (unpaired) electrons. The smallest absolute Gasteiger partial charge is 0.163 e. The second kappa shape index (κ2) is 3.30. The van der Waals surface area contributed by atoms with Crippen molar-refractivity contribution in [1.82, 2.24) is 0 Å². The van der Waals surface area contributed by atoms with Gasteiger partial charge in [0, 0.05) is 3.57 Å². The average Bonchev–Trinajstić information content (AvgIpc) is 1.85. The van der Waals surface area contributed by atoms with Crippen LogP contribution in [-0.4, -0.2) is 5.78 Å². The summed E-state index contributed by atoms with van der Waals surface area (Å²) < 4.78 is 13.5. The van der Waals surface area contributed by atoms with Crippen molar-refractivity contribution in [1.29, 1.82) is 0 Å². The SMILES string of the molecule is CC(=O)c1c(F)cccc1I. The maximum atomic E-state index is 12.9. The summed E-state index contributed by atoms with van der Waals surface area (Å²) in [6.45, 7) is 1.36. The van der Waals surface area contributed by atoms with Gasteiger partial charge in [0.2, 0.25) is 0 Å². The monoisotopic (exact) mass is 264 g/mol. The molecule has 0 unspecified atom stereocenters. The Bertz CT molecular complexity index is 276. The number of halogens is 2. The van der Waals surface area contributed by atoms with E-state index in [0.29, 0.717) is 3.57 Å². The van der Waals surface area contributed by atoms with Crippen molar-refractivity contribution in [2.24, 2.45) is 0 Å². The highest BCUT2D eigenvalue weighted by atomic mass is 127. The summed E-state index contributed by atoms with van der Waals surface area (Å²) >= 11 is 1.94. The maximum absolute atomic E-state index is 12.9. The van der Waals surface area contributed by atoms with Crippen molar-refractivity contribution in [3.63, 3.8) is 0 Å². The molecule has 58 valence electrons. The van der Waals surface area contributed by atoms with Gasteiger partial charge in [0.25, 0.3) is 0 Å². The molecule has 0 aliphatic heterocycles. The molecule has 0 saturated carbocycles. The number of ketones is 1. The Hall–Kier alpha value is -0.450. The van der Waals surface area contributed by atoms with Gasteiger partial charge < -0.3 is 0 Å². The van der Waals surface area contributed by atoms with Crippen LogP contribution in [0.5, 0.6) is 0 Å². The molecule has 0 atom stereocenters. The molecule has 0 bridgehead atoms. The van der Waals surface area contributed by atoms with Crippen molar-refractivity contribution >= 4 is 28.4 Å². The minimum Gasteiger partial charge on any atom is -0.294 e. The highest BCUT2D eigenvalue weighted by Crippen LogP contribution is 2.15. The van der Waals surface area contributed by atoms with Gasteiger partial charge in [-0.3, -0.25) is 4.79 Å². The molecule has 0 heterocycles. The molecule has 0 N–H and O–H groups in total. The largest absolute Gasteiger partial charge is 0.294 e. The Labute approximate surface area is 77.8 Å². The summed E-state index contributed by atoms with van der Waals surface area (Å²) in [6, 6.07) is 4.59. The standard InChI is InChI=1S/C8H6FIO/c1-5(11)8-6(9)3-2-4-7(8)10/h2-4H,1H3. The first-order valence-electron chi connectivity index (χ1n) is 3.08. The lowest BCUT2D eigenvalue weighted by Crippen LogP contribution is -1.99. The number of hydrogen-bond donors (Lipinski definition) is 0. The van der Waals surface area contributed by atoms with E-state index in [1.807, 2.05) is 22.6 Å². The first-order valence-corrected chi connectivity index (χ1v) is 4.15. The number of benzene rings is 1. The molecule has 11 heavy (non-hydrogen) atoms. The quantitative estimate of drug-likeness (QED) is 0.563. The molecule has 1 aromatic carbocycles. The van der Waals surface area contributed by atoms with E-state index in [9.17, 15) is 9.18 Å². The third-order valence-electron chi connectivity index (χ3n) is 1.31. The van der Waals surface area contributed by atoms with Crippen molar-refractivity contribution in [2.75, 3.05) is 0 Å². The van der Waals surface area contributed by atoms with Crippen LogP contribution < -0.4 is 0 Å². The van der Waals surface area contributed by atoms with Crippen molar-refractivity contribution < 1.29 is 9.18 Å². The second-order valence-electron chi connectivity index (χ2n) is 2.15. The third-order valence-corrected chi connectivity index (χ3v) is 2.21. The molecule has 0 aliphatic rings. The van der Waals surface area contributed by atoms with Gasteiger partial charge in [-0.15, -0.1) is 0 Å². The van der Waals surface area contributed by atoms with Crippen LogP contribution in [0.2, 0.25) is 0 Å². The van der Waals surface area contributed by atoms with Crippen LogP contribution in [0.3, 0.4) is 0 Å². The van der Waals surface area contributed by atoms with Crippen LogP contribution in [0.15, 0.2) is 18.2 Å². The molecule has 0 aromatic heterocycles. The number of carbonyl (C=O) groups excluding carboxylic acids is 1. The van der Waals surface area contributed by atoms with E-state index >= 15 is 0 Å². The summed E-state index contributed by atoms with van der Waals surface area (Å²) in [5, 5.41) is 0. The predicted octanol–water partition coefficient (Wildman–Crippen LogP) is 2.63. The second-order valence-corrected chi connectivity index (χ2v) is 3.32. The summed E-state index contributed by atoms with van der Waals surface area (Å²) in [6.07, 6.45) is 0. The third kappa shape index (κ3) is 1.77. The van der Waals surface area contributed by atoms with E-state index in [0.717, 1.165) is 0 Å². The fraction of sp³-hybridized carbons (Fsp3) is 0.125.